The minimum Gasteiger partial charge on any atom is -0.439 e. The minimum absolute atomic E-state index is 0.493. The Morgan fingerprint density at radius 3 is 2.95 bits per heavy atom. The summed E-state index contributed by atoms with van der Waals surface area (Å²) in [6.07, 6.45) is 2.57. The lowest BCUT2D eigenvalue weighted by Crippen LogP contribution is -2.40. The van der Waals surface area contributed by atoms with Crippen LogP contribution in [0.5, 0.6) is 0 Å². The predicted molar refractivity (Wildman–Crippen MR) is 80.6 cm³/mol. The first-order valence-corrected chi connectivity index (χ1v) is 7.54. The zero-order valence-corrected chi connectivity index (χ0v) is 12.3. The van der Waals surface area contributed by atoms with Crippen LogP contribution in [0.15, 0.2) is 28.7 Å². The summed E-state index contributed by atoms with van der Waals surface area (Å²) in [5, 5.41) is 3.56. The molecule has 0 spiro atoms. The zero-order valence-electron chi connectivity index (χ0n) is 12.3. The van der Waals surface area contributed by atoms with E-state index in [1.807, 2.05) is 24.3 Å². The minimum atomic E-state index is 0.493. The first-order valence-electron chi connectivity index (χ1n) is 7.54. The van der Waals surface area contributed by atoms with E-state index < -0.39 is 0 Å². The van der Waals surface area contributed by atoms with Crippen molar-refractivity contribution in [3.8, 4) is 0 Å². The molecule has 1 fully saturated rings. The Morgan fingerprint density at radius 2 is 2.25 bits per heavy atom. The summed E-state index contributed by atoms with van der Waals surface area (Å²) in [5.41, 5.74) is 1.83. The Labute approximate surface area is 120 Å². The molecule has 20 heavy (non-hydrogen) atoms. The van der Waals surface area contributed by atoms with Crippen LogP contribution in [0.1, 0.15) is 32.6 Å². The number of nitrogens with zero attached hydrogens (tertiary/aromatic N) is 2. The number of oxazole rings is 1. The molecule has 0 amide bonds. The molecular formula is C16H23N3O. The topological polar surface area (TPSA) is 41.3 Å². The van der Waals surface area contributed by atoms with E-state index in [1.165, 1.54) is 12.8 Å². The van der Waals surface area contributed by atoms with Crippen molar-refractivity contribution < 1.29 is 4.42 Å². The molecule has 1 saturated heterocycles. The molecule has 1 aliphatic rings. The van der Waals surface area contributed by atoms with Crippen LogP contribution < -0.4 is 5.32 Å². The molecule has 108 valence electrons. The van der Waals surface area contributed by atoms with E-state index in [0.717, 1.165) is 36.6 Å². The van der Waals surface area contributed by atoms with Crippen molar-refractivity contribution in [2.45, 2.75) is 45.3 Å². The third kappa shape index (κ3) is 3.02. The number of para-hydroxylation sites is 2. The quantitative estimate of drug-likeness (QED) is 0.909. The van der Waals surface area contributed by atoms with Crippen molar-refractivity contribution in [3.63, 3.8) is 0 Å². The van der Waals surface area contributed by atoms with E-state index in [9.17, 15) is 0 Å². The average molecular weight is 273 g/mol. The van der Waals surface area contributed by atoms with Gasteiger partial charge in [-0.3, -0.25) is 4.90 Å². The van der Waals surface area contributed by atoms with E-state index in [4.69, 9.17) is 4.42 Å². The van der Waals surface area contributed by atoms with Crippen molar-refractivity contribution in [3.05, 3.63) is 30.2 Å². The fourth-order valence-electron chi connectivity index (χ4n) is 2.81. The number of benzene rings is 1. The van der Waals surface area contributed by atoms with Crippen LogP contribution in [0.4, 0.5) is 0 Å². The highest BCUT2D eigenvalue weighted by Gasteiger charge is 2.21. The maximum Gasteiger partial charge on any atom is 0.209 e. The number of aromatic nitrogens is 1. The van der Waals surface area contributed by atoms with Crippen LogP contribution in [0.3, 0.4) is 0 Å². The molecule has 1 N–H and O–H groups in total. The van der Waals surface area contributed by atoms with E-state index in [0.29, 0.717) is 12.1 Å². The normalized spacial score (nSPS) is 19.5. The number of hydrogen-bond acceptors (Lipinski definition) is 4. The molecule has 0 radical (unpaired) electrons. The Bertz CT molecular complexity index is 525. The van der Waals surface area contributed by atoms with Gasteiger partial charge in [-0.2, -0.15) is 0 Å². The van der Waals surface area contributed by atoms with Crippen LogP contribution in [0.25, 0.3) is 11.1 Å². The lowest BCUT2D eigenvalue weighted by molar-refractivity contribution is 0.178. The standard InChI is InChI=1S/C16H23N3O/c1-12(2)19(10-13-6-5-9-17-13)11-16-18-14-7-3-4-8-15(14)20-16/h3-4,7-8,12-13,17H,5-6,9-11H2,1-2H3. The summed E-state index contributed by atoms with van der Waals surface area (Å²) >= 11 is 0. The van der Waals surface area contributed by atoms with Gasteiger partial charge >= 0.3 is 0 Å². The van der Waals surface area contributed by atoms with Gasteiger partial charge in [0.05, 0.1) is 6.54 Å². The molecule has 3 rings (SSSR count). The van der Waals surface area contributed by atoms with Gasteiger partial charge < -0.3 is 9.73 Å². The van der Waals surface area contributed by atoms with Gasteiger partial charge in [-0.05, 0) is 45.4 Å². The van der Waals surface area contributed by atoms with Crippen LogP contribution in [-0.4, -0.2) is 35.1 Å². The summed E-state index contributed by atoms with van der Waals surface area (Å²) in [6.45, 7) is 7.47. The summed E-state index contributed by atoms with van der Waals surface area (Å²) in [4.78, 5) is 7.02. The fraction of sp³-hybridized carbons (Fsp3) is 0.562. The van der Waals surface area contributed by atoms with Gasteiger partial charge in [-0.25, -0.2) is 4.98 Å². The predicted octanol–water partition coefficient (Wildman–Crippen LogP) is 2.79. The Kier molecular flexibility index (Phi) is 4.03. The molecule has 0 saturated carbocycles. The molecule has 1 aromatic carbocycles. The average Bonchev–Trinajstić information content (AvgIpc) is 3.05. The molecular weight excluding hydrogens is 250 g/mol. The van der Waals surface area contributed by atoms with Crippen molar-refractivity contribution in [1.82, 2.24) is 15.2 Å². The third-order valence-electron chi connectivity index (χ3n) is 4.02. The number of rotatable bonds is 5. The molecule has 2 heterocycles. The highest BCUT2D eigenvalue weighted by Crippen LogP contribution is 2.18. The first-order chi connectivity index (χ1) is 9.72. The molecule has 1 atom stereocenters. The summed E-state index contributed by atoms with van der Waals surface area (Å²) in [7, 11) is 0. The van der Waals surface area contributed by atoms with Gasteiger partial charge in [0.15, 0.2) is 5.58 Å². The molecule has 4 heteroatoms. The number of hydrogen-bond donors (Lipinski definition) is 1. The van der Waals surface area contributed by atoms with Gasteiger partial charge in [-0.15, -0.1) is 0 Å². The molecule has 1 unspecified atom stereocenters. The van der Waals surface area contributed by atoms with E-state index >= 15 is 0 Å². The van der Waals surface area contributed by atoms with Gasteiger partial charge in [0.2, 0.25) is 5.89 Å². The van der Waals surface area contributed by atoms with Crippen molar-refractivity contribution in [2.24, 2.45) is 0 Å². The fourth-order valence-corrected chi connectivity index (χ4v) is 2.81. The summed E-state index contributed by atoms with van der Waals surface area (Å²) in [5.74, 6) is 0.817. The number of fused-ring (bicyclic) bond motifs is 1. The van der Waals surface area contributed by atoms with Crippen molar-refractivity contribution >= 4 is 11.1 Å². The van der Waals surface area contributed by atoms with E-state index in [1.54, 1.807) is 0 Å². The third-order valence-corrected chi connectivity index (χ3v) is 4.02. The summed E-state index contributed by atoms with van der Waals surface area (Å²) < 4.78 is 5.84. The summed E-state index contributed by atoms with van der Waals surface area (Å²) in [6, 6.07) is 9.07. The van der Waals surface area contributed by atoms with Gasteiger partial charge in [0.1, 0.15) is 5.52 Å². The highest BCUT2D eigenvalue weighted by molar-refractivity contribution is 5.72. The second kappa shape index (κ2) is 5.94. The smallest absolute Gasteiger partial charge is 0.209 e. The Balaban J connectivity index is 1.71. The Hall–Kier alpha value is -1.39. The molecule has 0 bridgehead atoms. The second-order valence-corrected chi connectivity index (χ2v) is 5.89. The zero-order chi connectivity index (χ0) is 13.9. The maximum atomic E-state index is 5.84. The van der Waals surface area contributed by atoms with Crippen LogP contribution in [0, 0.1) is 0 Å². The largest absolute Gasteiger partial charge is 0.439 e. The maximum absolute atomic E-state index is 5.84. The lowest BCUT2D eigenvalue weighted by Gasteiger charge is -2.27. The number of nitrogens with one attached hydrogen (secondary N) is 1. The van der Waals surface area contributed by atoms with Gasteiger partial charge in [0.25, 0.3) is 0 Å². The van der Waals surface area contributed by atoms with E-state index in [2.05, 4.69) is 29.0 Å². The second-order valence-electron chi connectivity index (χ2n) is 5.89. The van der Waals surface area contributed by atoms with Gasteiger partial charge in [-0.1, -0.05) is 12.1 Å². The molecule has 0 aliphatic carbocycles. The van der Waals surface area contributed by atoms with Crippen LogP contribution in [0.2, 0.25) is 0 Å². The van der Waals surface area contributed by atoms with Crippen LogP contribution in [-0.2, 0) is 6.54 Å². The monoisotopic (exact) mass is 273 g/mol. The lowest BCUT2D eigenvalue weighted by atomic mass is 10.2. The molecule has 2 aromatic rings. The Morgan fingerprint density at radius 1 is 1.40 bits per heavy atom. The molecule has 4 nitrogen and oxygen atoms in total. The highest BCUT2D eigenvalue weighted by atomic mass is 16.3. The van der Waals surface area contributed by atoms with Gasteiger partial charge in [0, 0.05) is 18.6 Å². The van der Waals surface area contributed by atoms with Crippen molar-refractivity contribution in [1.29, 1.82) is 0 Å². The SMILES string of the molecule is CC(C)N(Cc1nc2ccccc2o1)CC1CCCN1. The first kappa shape index (κ1) is 13.6. The van der Waals surface area contributed by atoms with E-state index in [-0.39, 0.29) is 0 Å². The van der Waals surface area contributed by atoms with Crippen LogP contribution >= 0.6 is 0 Å². The molecule has 1 aliphatic heterocycles. The van der Waals surface area contributed by atoms with Crippen molar-refractivity contribution in [2.75, 3.05) is 13.1 Å². The molecule has 1 aromatic heterocycles.